The number of rotatable bonds is 1. The van der Waals surface area contributed by atoms with E-state index in [1.165, 1.54) is 11.1 Å². The van der Waals surface area contributed by atoms with Gasteiger partial charge in [-0.05, 0) is 37.5 Å². The number of aryl methyl sites for hydroxylation is 1. The van der Waals surface area contributed by atoms with Gasteiger partial charge in [0, 0.05) is 12.2 Å². The van der Waals surface area contributed by atoms with Gasteiger partial charge in [0.05, 0.1) is 4.83 Å². The molecule has 2 rings (SSSR count). The van der Waals surface area contributed by atoms with Gasteiger partial charge < -0.3 is 4.90 Å². The molecule has 0 radical (unpaired) electrons. The largest absolute Gasteiger partial charge is 0.311 e. The zero-order valence-electron chi connectivity index (χ0n) is 8.96. The fraction of sp³-hybridized carbons (Fsp3) is 0.417. The molecule has 1 atom stereocenters. The van der Waals surface area contributed by atoms with Gasteiger partial charge in [-0.15, -0.1) is 0 Å². The third-order valence-electron chi connectivity index (χ3n) is 3.01. The van der Waals surface area contributed by atoms with E-state index in [1.807, 2.05) is 17.0 Å². The second kappa shape index (κ2) is 3.97. The van der Waals surface area contributed by atoms with Crippen LogP contribution in [0.2, 0.25) is 0 Å². The van der Waals surface area contributed by atoms with Crippen LogP contribution in [0, 0.1) is 13.8 Å². The van der Waals surface area contributed by atoms with Gasteiger partial charge in [-0.25, -0.2) is 0 Å². The Bertz CT molecular complexity index is 403. The number of amides is 1. The number of alkyl halides is 1. The zero-order chi connectivity index (χ0) is 11.0. The molecule has 1 aromatic carbocycles. The summed E-state index contributed by atoms with van der Waals surface area (Å²) in [4.78, 5) is 13.7. The smallest absolute Gasteiger partial charge is 0.240 e. The Morgan fingerprint density at radius 2 is 2.13 bits per heavy atom. The highest BCUT2D eigenvalue weighted by Crippen LogP contribution is 2.29. The quantitative estimate of drug-likeness (QED) is 0.717. The second-order valence-electron chi connectivity index (χ2n) is 3.97. The van der Waals surface area contributed by atoms with Crippen LogP contribution in [0.25, 0.3) is 0 Å². The molecule has 15 heavy (non-hydrogen) atoms. The Hall–Kier alpha value is -0.830. The third-order valence-corrected chi connectivity index (χ3v) is 3.86. The fourth-order valence-corrected chi connectivity index (χ4v) is 2.36. The van der Waals surface area contributed by atoms with Crippen molar-refractivity contribution in [3.05, 3.63) is 29.3 Å². The van der Waals surface area contributed by atoms with Crippen LogP contribution in [0.15, 0.2) is 18.2 Å². The van der Waals surface area contributed by atoms with E-state index in [0.29, 0.717) is 0 Å². The molecular weight excluding hydrogens is 254 g/mol. The fourth-order valence-electron chi connectivity index (χ4n) is 1.91. The molecule has 1 unspecified atom stereocenters. The van der Waals surface area contributed by atoms with Gasteiger partial charge in [0.15, 0.2) is 0 Å². The molecule has 0 aliphatic carbocycles. The Morgan fingerprint density at radius 3 is 2.73 bits per heavy atom. The third kappa shape index (κ3) is 1.81. The van der Waals surface area contributed by atoms with Crippen LogP contribution < -0.4 is 4.90 Å². The molecule has 1 fully saturated rings. The summed E-state index contributed by atoms with van der Waals surface area (Å²) in [6.45, 7) is 4.96. The summed E-state index contributed by atoms with van der Waals surface area (Å²) in [5.41, 5.74) is 3.49. The zero-order valence-corrected chi connectivity index (χ0v) is 10.5. The van der Waals surface area contributed by atoms with Gasteiger partial charge in [0.1, 0.15) is 0 Å². The van der Waals surface area contributed by atoms with E-state index in [1.54, 1.807) is 0 Å². The lowest BCUT2D eigenvalue weighted by atomic mass is 10.1. The van der Waals surface area contributed by atoms with E-state index in [4.69, 9.17) is 0 Å². The summed E-state index contributed by atoms with van der Waals surface area (Å²) >= 11 is 3.39. The summed E-state index contributed by atoms with van der Waals surface area (Å²) < 4.78 is 0. The Kier molecular flexibility index (Phi) is 2.83. The molecule has 2 nitrogen and oxygen atoms in total. The minimum atomic E-state index is -0.00240. The van der Waals surface area contributed by atoms with Crippen LogP contribution in [0.4, 0.5) is 5.69 Å². The highest BCUT2D eigenvalue weighted by Gasteiger charge is 2.31. The van der Waals surface area contributed by atoms with Crippen molar-refractivity contribution in [3.63, 3.8) is 0 Å². The lowest BCUT2D eigenvalue weighted by Crippen LogP contribution is -2.27. The number of halogens is 1. The molecule has 0 N–H and O–H groups in total. The Morgan fingerprint density at radius 1 is 1.40 bits per heavy atom. The highest BCUT2D eigenvalue weighted by atomic mass is 79.9. The van der Waals surface area contributed by atoms with Crippen molar-refractivity contribution in [1.29, 1.82) is 0 Å². The molecule has 1 saturated heterocycles. The normalized spacial score (nSPS) is 21.1. The van der Waals surface area contributed by atoms with E-state index in [2.05, 4.69) is 35.8 Å². The maximum atomic E-state index is 11.8. The van der Waals surface area contributed by atoms with Crippen molar-refractivity contribution < 1.29 is 4.79 Å². The number of benzene rings is 1. The number of hydrogen-bond donors (Lipinski definition) is 0. The summed E-state index contributed by atoms with van der Waals surface area (Å²) in [5, 5.41) is 0. The SMILES string of the molecule is Cc1cccc(N2CCC(Br)C2=O)c1C. The standard InChI is InChI=1S/C12H14BrNO/c1-8-4-3-5-11(9(8)2)14-7-6-10(13)12(14)15/h3-5,10H,6-7H2,1-2H3. The summed E-state index contributed by atoms with van der Waals surface area (Å²) in [7, 11) is 0. The maximum Gasteiger partial charge on any atom is 0.240 e. The van der Waals surface area contributed by atoms with E-state index in [0.717, 1.165) is 18.7 Å². The van der Waals surface area contributed by atoms with Crippen molar-refractivity contribution in [2.75, 3.05) is 11.4 Å². The summed E-state index contributed by atoms with van der Waals surface area (Å²) in [5.74, 6) is 0.184. The van der Waals surface area contributed by atoms with Crippen LogP contribution in [-0.4, -0.2) is 17.3 Å². The number of anilines is 1. The average molecular weight is 268 g/mol. The van der Waals surface area contributed by atoms with Crippen molar-refractivity contribution in [3.8, 4) is 0 Å². The molecule has 0 aromatic heterocycles. The minimum absolute atomic E-state index is 0.00240. The van der Waals surface area contributed by atoms with E-state index >= 15 is 0 Å². The molecule has 1 aromatic rings. The molecule has 1 aliphatic rings. The van der Waals surface area contributed by atoms with E-state index in [-0.39, 0.29) is 10.7 Å². The van der Waals surface area contributed by atoms with Gasteiger partial charge >= 0.3 is 0 Å². The van der Waals surface area contributed by atoms with Crippen LogP contribution >= 0.6 is 15.9 Å². The van der Waals surface area contributed by atoms with Crippen LogP contribution in [0.5, 0.6) is 0 Å². The molecule has 0 saturated carbocycles. The summed E-state index contributed by atoms with van der Waals surface area (Å²) in [6.07, 6.45) is 0.895. The predicted octanol–water partition coefficient (Wildman–Crippen LogP) is 2.80. The monoisotopic (exact) mass is 267 g/mol. The molecular formula is C12H14BrNO. The van der Waals surface area contributed by atoms with Gasteiger partial charge in [-0.3, -0.25) is 4.79 Å². The molecule has 1 heterocycles. The first kappa shape index (κ1) is 10.7. The molecule has 3 heteroatoms. The number of carbonyl (C=O) groups is 1. The van der Waals surface area contributed by atoms with Crippen LogP contribution in [0.1, 0.15) is 17.5 Å². The molecule has 0 bridgehead atoms. The van der Waals surface area contributed by atoms with Crippen molar-refractivity contribution in [2.45, 2.75) is 25.1 Å². The maximum absolute atomic E-state index is 11.8. The first-order valence-corrected chi connectivity index (χ1v) is 6.04. The van der Waals surface area contributed by atoms with Crippen LogP contribution in [-0.2, 0) is 4.79 Å². The number of carbonyl (C=O) groups excluding carboxylic acids is 1. The second-order valence-corrected chi connectivity index (χ2v) is 5.07. The average Bonchev–Trinajstić information content (AvgIpc) is 2.53. The lowest BCUT2D eigenvalue weighted by Gasteiger charge is -2.19. The number of hydrogen-bond acceptors (Lipinski definition) is 1. The van der Waals surface area contributed by atoms with Crippen LogP contribution in [0.3, 0.4) is 0 Å². The molecule has 1 aliphatic heterocycles. The predicted molar refractivity (Wildman–Crippen MR) is 65.6 cm³/mol. The summed E-state index contributed by atoms with van der Waals surface area (Å²) in [6, 6.07) is 6.10. The van der Waals surface area contributed by atoms with Crippen molar-refractivity contribution >= 4 is 27.5 Å². The van der Waals surface area contributed by atoms with Crippen molar-refractivity contribution in [1.82, 2.24) is 0 Å². The molecule has 80 valence electrons. The van der Waals surface area contributed by atoms with Gasteiger partial charge in [0.25, 0.3) is 0 Å². The first-order valence-electron chi connectivity index (χ1n) is 5.13. The molecule has 0 spiro atoms. The van der Waals surface area contributed by atoms with Crippen molar-refractivity contribution in [2.24, 2.45) is 0 Å². The Balaban J connectivity index is 2.38. The highest BCUT2D eigenvalue weighted by molar-refractivity contribution is 9.10. The lowest BCUT2D eigenvalue weighted by molar-refractivity contribution is -0.116. The van der Waals surface area contributed by atoms with E-state index < -0.39 is 0 Å². The topological polar surface area (TPSA) is 20.3 Å². The first-order chi connectivity index (χ1) is 7.11. The van der Waals surface area contributed by atoms with Gasteiger partial charge in [0.2, 0.25) is 5.91 Å². The number of nitrogens with zero attached hydrogens (tertiary/aromatic N) is 1. The van der Waals surface area contributed by atoms with Gasteiger partial charge in [-0.2, -0.15) is 0 Å². The Labute approximate surface area is 98.4 Å². The van der Waals surface area contributed by atoms with Gasteiger partial charge in [-0.1, -0.05) is 28.1 Å². The van der Waals surface area contributed by atoms with E-state index in [9.17, 15) is 4.79 Å². The molecule has 1 amide bonds. The minimum Gasteiger partial charge on any atom is -0.311 e.